The average Bonchev–Trinajstić information content (AvgIpc) is 3.66. The number of rotatable bonds is 9. The Kier molecular flexibility index (Phi) is 7.28. The number of non-ortho nitro benzene ring substituents is 1. The number of hydrogen-bond acceptors (Lipinski definition) is 9. The van der Waals surface area contributed by atoms with Crippen molar-refractivity contribution in [3.05, 3.63) is 80.8 Å². The fourth-order valence-corrected chi connectivity index (χ4v) is 5.61. The summed E-state index contributed by atoms with van der Waals surface area (Å²) in [5.41, 5.74) is 7.82. The minimum Gasteiger partial charge on any atom is -0.598 e. The Balaban J connectivity index is 1.30. The fourth-order valence-electron chi connectivity index (χ4n) is 4.33. The lowest BCUT2D eigenvalue weighted by molar-refractivity contribution is -0.384. The molecule has 2 N–H and O–H groups in total. The van der Waals surface area contributed by atoms with Crippen molar-refractivity contribution in [3.63, 3.8) is 0 Å². The van der Waals surface area contributed by atoms with Crippen molar-refractivity contribution in [2.75, 3.05) is 43.4 Å². The summed E-state index contributed by atoms with van der Waals surface area (Å²) in [7, 11) is 0. The van der Waals surface area contributed by atoms with E-state index in [0.29, 0.717) is 49.7 Å². The summed E-state index contributed by atoms with van der Waals surface area (Å²) < 4.78 is 22.4. The summed E-state index contributed by atoms with van der Waals surface area (Å²) in [4.78, 5) is 26.0. The van der Waals surface area contributed by atoms with Crippen LogP contribution in [0, 0.1) is 15.5 Å². The van der Waals surface area contributed by atoms with Crippen LogP contribution < -0.4 is 20.9 Å². The lowest BCUT2D eigenvalue weighted by Crippen LogP contribution is -2.49. The van der Waals surface area contributed by atoms with Gasteiger partial charge in [-0.3, -0.25) is 14.9 Å². The van der Waals surface area contributed by atoms with Gasteiger partial charge in [0.15, 0.2) is 5.75 Å². The Morgan fingerprint density at radius 2 is 1.84 bits per heavy atom. The molecule has 38 heavy (non-hydrogen) atoms. The molecule has 2 fully saturated rings. The molecular formula is C26H30N6O5S. The van der Waals surface area contributed by atoms with E-state index in [4.69, 9.17) is 10.5 Å². The van der Waals surface area contributed by atoms with E-state index in [1.807, 2.05) is 39.5 Å². The maximum Gasteiger partial charge on any atom is 0.316 e. The number of piperazine rings is 1. The molecule has 1 atom stereocenters. The highest BCUT2D eigenvalue weighted by molar-refractivity contribution is 7.88. The second kappa shape index (κ2) is 10.6. The largest absolute Gasteiger partial charge is 0.598 e. The summed E-state index contributed by atoms with van der Waals surface area (Å²) >= 11 is -1.36. The number of hydrogen-bond donors (Lipinski definition) is 1. The monoisotopic (exact) mass is 538 g/mol. The highest BCUT2D eigenvalue weighted by atomic mass is 32.2. The van der Waals surface area contributed by atoms with Gasteiger partial charge in [-0.2, -0.15) is 9.78 Å². The van der Waals surface area contributed by atoms with Crippen LogP contribution in [0.5, 0.6) is 5.75 Å². The van der Waals surface area contributed by atoms with Crippen molar-refractivity contribution < 1.29 is 14.2 Å². The van der Waals surface area contributed by atoms with E-state index in [9.17, 15) is 19.5 Å². The van der Waals surface area contributed by atoms with Gasteiger partial charge >= 0.3 is 5.56 Å². The van der Waals surface area contributed by atoms with E-state index in [-0.39, 0.29) is 33.9 Å². The van der Waals surface area contributed by atoms with Gasteiger partial charge in [0.2, 0.25) is 5.75 Å². The molecule has 0 radical (unpaired) electrons. The van der Waals surface area contributed by atoms with Crippen LogP contribution in [0.15, 0.2) is 59.5 Å². The molecule has 2 aliphatic rings. The van der Waals surface area contributed by atoms with Crippen LogP contribution in [0.4, 0.5) is 17.1 Å². The number of aromatic nitrogens is 2. The number of para-hydroxylation sites is 1. The molecule has 1 saturated heterocycles. The Bertz CT molecular complexity index is 1370. The number of nitrogens with two attached hydrogens (primary N) is 1. The third kappa shape index (κ3) is 5.62. The molecule has 1 unspecified atom stereocenters. The van der Waals surface area contributed by atoms with Gasteiger partial charge in [0.1, 0.15) is 5.69 Å². The number of nitrogen functional groups attached to an aromatic ring is 1. The lowest BCUT2D eigenvalue weighted by Gasteiger charge is -2.36. The Morgan fingerprint density at radius 1 is 1.13 bits per heavy atom. The third-order valence-electron chi connectivity index (χ3n) is 7.07. The Morgan fingerprint density at radius 3 is 2.47 bits per heavy atom. The summed E-state index contributed by atoms with van der Waals surface area (Å²) in [5, 5.41) is 15.4. The normalized spacial score (nSPS) is 17.7. The molecule has 1 aliphatic heterocycles. The van der Waals surface area contributed by atoms with Crippen molar-refractivity contribution in [3.8, 4) is 11.4 Å². The van der Waals surface area contributed by atoms with Gasteiger partial charge in [-0.25, -0.2) is 0 Å². The summed E-state index contributed by atoms with van der Waals surface area (Å²) in [6.07, 6.45) is 3.82. The van der Waals surface area contributed by atoms with Gasteiger partial charge in [0, 0.05) is 53.2 Å². The average molecular weight is 539 g/mol. The number of ether oxygens (including phenoxy) is 1. The number of nitro benzene ring substituents is 1. The highest BCUT2D eigenvalue weighted by Crippen LogP contribution is 2.45. The van der Waals surface area contributed by atoms with Crippen LogP contribution in [-0.4, -0.2) is 56.3 Å². The van der Waals surface area contributed by atoms with E-state index >= 15 is 0 Å². The summed E-state index contributed by atoms with van der Waals surface area (Å²) in [6, 6.07) is 13.5. The molecular weight excluding hydrogens is 508 g/mol. The van der Waals surface area contributed by atoms with Gasteiger partial charge < -0.3 is 19.9 Å². The minimum atomic E-state index is -1.36. The molecule has 0 bridgehead atoms. The molecule has 2 heterocycles. The van der Waals surface area contributed by atoms with Crippen LogP contribution >= 0.6 is 0 Å². The zero-order valence-electron chi connectivity index (χ0n) is 21.1. The SMILES string of the molecule is CC1(COc2c(N3CCN([S+]([O-])Cc4ccc([N+](=O)[O-])cc4N)CC3)cnn(-c3ccccc3)c2=O)CC1. The Hall–Kier alpha value is -3.61. The zero-order valence-corrected chi connectivity index (χ0v) is 21.9. The number of anilines is 2. The first-order chi connectivity index (χ1) is 18.2. The fraction of sp³-hybridized carbons (Fsp3) is 0.385. The predicted molar refractivity (Wildman–Crippen MR) is 146 cm³/mol. The molecule has 0 amide bonds. The van der Waals surface area contributed by atoms with Crippen LogP contribution in [0.25, 0.3) is 5.69 Å². The molecule has 12 heteroatoms. The molecule has 3 aromatic rings. The van der Waals surface area contributed by atoms with Gasteiger partial charge in [-0.1, -0.05) is 25.1 Å². The van der Waals surface area contributed by atoms with Crippen LogP contribution in [0.3, 0.4) is 0 Å². The first-order valence-corrected chi connectivity index (χ1v) is 13.7. The molecule has 200 valence electrons. The third-order valence-corrected chi connectivity index (χ3v) is 8.57. The van der Waals surface area contributed by atoms with Gasteiger partial charge in [0.25, 0.3) is 5.69 Å². The molecule has 1 aliphatic carbocycles. The van der Waals surface area contributed by atoms with Crippen molar-refractivity contribution >= 4 is 28.4 Å². The van der Waals surface area contributed by atoms with Crippen LogP contribution in [0.2, 0.25) is 0 Å². The van der Waals surface area contributed by atoms with Crippen molar-refractivity contribution in [2.24, 2.45) is 5.41 Å². The van der Waals surface area contributed by atoms with E-state index in [1.165, 1.54) is 16.8 Å². The maximum absolute atomic E-state index is 13.5. The number of nitrogens with zero attached hydrogens (tertiary/aromatic N) is 5. The van der Waals surface area contributed by atoms with Crippen LogP contribution in [-0.2, 0) is 17.1 Å². The smallest absolute Gasteiger partial charge is 0.316 e. The van der Waals surface area contributed by atoms with E-state index in [2.05, 4.69) is 12.0 Å². The summed E-state index contributed by atoms with van der Waals surface area (Å²) in [5.74, 6) is 0.455. The standard InChI is InChI=1S/C26H30N6O5S/c1-26(9-10-26)18-37-24-23(16-28-31(25(24)33)20-5-3-2-4-6-20)29-11-13-30(14-12-29)38(36)17-19-7-8-21(32(34)35)15-22(19)27/h2-8,15-16H,9-14,17-18,27H2,1H3. The summed E-state index contributed by atoms with van der Waals surface area (Å²) in [6.45, 7) is 4.68. The zero-order chi connectivity index (χ0) is 26.9. The molecule has 0 spiro atoms. The van der Waals surface area contributed by atoms with Gasteiger partial charge in [0.05, 0.1) is 36.5 Å². The second-order valence-corrected chi connectivity index (χ2v) is 11.5. The van der Waals surface area contributed by atoms with E-state index < -0.39 is 16.3 Å². The van der Waals surface area contributed by atoms with E-state index in [0.717, 1.165) is 12.8 Å². The molecule has 2 aromatic carbocycles. The maximum atomic E-state index is 13.5. The Labute approximate surface area is 223 Å². The van der Waals surface area contributed by atoms with Gasteiger partial charge in [-0.15, -0.1) is 4.31 Å². The van der Waals surface area contributed by atoms with Gasteiger partial charge in [-0.05, 0) is 31.0 Å². The topological polar surface area (TPSA) is 143 Å². The van der Waals surface area contributed by atoms with E-state index in [1.54, 1.807) is 12.3 Å². The first-order valence-electron chi connectivity index (χ1n) is 12.5. The van der Waals surface area contributed by atoms with Crippen molar-refractivity contribution in [1.29, 1.82) is 0 Å². The van der Waals surface area contributed by atoms with Crippen LogP contribution in [0.1, 0.15) is 25.3 Å². The number of benzene rings is 2. The molecule has 11 nitrogen and oxygen atoms in total. The molecule has 1 aromatic heterocycles. The minimum absolute atomic E-state index is 0.0952. The van der Waals surface area contributed by atoms with Crippen molar-refractivity contribution in [1.82, 2.24) is 14.1 Å². The first kappa shape index (κ1) is 26.0. The predicted octanol–water partition coefficient (Wildman–Crippen LogP) is 2.89. The number of nitro groups is 1. The molecule has 1 saturated carbocycles. The molecule has 5 rings (SSSR count). The lowest BCUT2D eigenvalue weighted by atomic mass is 10.2. The van der Waals surface area contributed by atoms with Crippen molar-refractivity contribution in [2.45, 2.75) is 25.5 Å². The quantitative estimate of drug-likeness (QED) is 0.188. The highest BCUT2D eigenvalue weighted by Gasteiger charge is 2.39. The second-order valence-electron chi connectivity index (χ2n) is 10.0.